The third kappa shape index (κ3) is 3.52. The molecule has 4 nitrogen and oxygen atoms in total. The summed E-state index contributed by atoms with van der Waals surface area (Å²) in [6.07, 6.45) is 6.70. The monoisotopic (exact) mass is 288 g/mol. The third-order valence-corrected chi connectivity index (χ3v) is 6.68. The van der Waals surface area contributed by atoms with Crippen molar-refractivity contribution < 1.29 is 8.42 Å². The second kappa shape index (κ2) is 6.12. The maximum Gasteiger partial charge on any atom is 0.159 e. The van der Waals surface area contributed by atoms with Crippen LogP contribution < -0.4 is 5.32 Å². The van der Waals surface area contributed by atoms with E-state index in [1.54, 1.807) is 6.20 Å². The van der Waals surface area contributed by atoms with E-state index in [2.05, 4.69) is 10.3 Å². The third-order valence-electron chi connectivity index (χ3n) is 3.34. The standard InChI is InChI=1S/C12H20N2O2S2/c1-13-7-10-8-14-12(17-10)9-18(15,16)11-5-3-2-4-6-11/h8,11,13H,2-7,9H2,1H3. The first kappa shape index (κ1) is 14.0. The summed E-state index contributed by atoms with van der Waals surface area (Å²) in [5, 5.41) is 3.64. The lowest BCUT2D eigenvalue weighted by molar-refractivity contribution is 0.483. The molecule has 0 atom stereocenters. The molecule has 0 unspecified atom stereocenters. The van der Waals surface area contributed by atoms with Crippen LogP contribution in [0.1, 0.15) is 42.0 Å². The maximum absolute atomic E-state index is 12.3. The predicted molar refractivity (Wildman–Crippen MR) is 74.4 cm³/mol. The Kier molecular flexibility index (Phi) is 4.75. The number of hydrogen-bond donors (Lipinski definition) is 1. The molecule has 0 aromatic carbocycles. The zero-order valence-electron chi connectivity index (χ0n) is 10.7. The Labute approximate surface area is 113 Å². The van der Waals surface area contributed by atoms with Gasteiger partial charge < -0.3 is 5.32 Å². The van der Waals surface area contributed by atoms with Gasteiger partial charge in [-0.25, -0.2) is 13.4 Å². The Balaban J connectivity index is 2.01. The highest BCUT2D eigenvalue weighted by atomic mass is 32.2. The molecule has 0 bridgehead atoms. The molecule has 0 radical (unpaired) electrons. The van der Waals surface area contributed by atoms with Crippen LogP contribution in [0.5, 0.6) is 0 Å². The number of sulfone groups is 1. The van der Waals surface area contributed by atoms with Crippen LogP contribution in [-0.2, 0) is 22.1 Å². The highest BCUT2D eigenvalue weighted by molar-refractivity contribution is 7.91. The van der Waals surface area contributed by atoms with Crippen LogP contribution in [0.4, 0.5) is 0 Å². The van der Waals surface area contributed by atoms with E-state index in [9.17, 15) is 8.42 Å². The summed E-state index contributed by atoms with van der Waals surface area (Å²) in [7, 11) is -1.14. The van der Waals surface area contributed by atoms with Gasteiger partial charge in [0.1, 0.15) is 10.8 Å². The van der Waals surface area contributed by atoms with E-state index in [4.69, 9.17) is 0 Å². The summed E-state index contributed by atoms with van der Waals surface area (Å²) >= 11 is 1.50. The van der Waals surface area contributed by atoms with Crippen molar-refractivity contribution in [3.05, 3.63) is 16.1 Å². The van der Waals surface area contributed by atoms with Crippen molar-refractivity contribution >= 4 is 21.2 Å². The number of aromatic nitrogens is 1. The average molecular weight is 288 g/mol. The van der Waals surface area contributed by atoms with E-state index in [1.165, 1.54) is 17.8 Å². The van der Waals surface area contributed by atoms with Crippen LogP contribution in [0, 0.1) is 0 Å². The Morgan fingerprint density at radius 1 is 1.39 bits per heavy atom. The molecule has 0 aliphatic heterocycles. The summed E-state index contributed by atoms with van der Waals surface area (Å²) in [5.41, 5.74) is 0. The summed E-state index contributed by atoms with van der Waals surface area (Å²) in [4.78, 5) is 5.30. The normalized spacial score (nSPS) is 18.1. The Bertz CT molecular complexity index is 476. The minimum absolute atomic E-state index is 0.117. The molecule has 2 rings (SSSR count). The van der Waals surface area contributed by atoms with Crippen molar-refractivity contribution in [2.45, 2.75) is 49.7 Å². The minimum Gasteiger partial charge on any atom is -0.315 e. The summed E-state index contributed by atoms with van der Waals surface area (Å²) in [5.74, 6) is 0.117. The average Bonchev–Trinajstić information content (AvgIpc) is 2.77. The second-order valence-corrected chi connectivity index (χ2v) is 8.30. The molecular formula is C12H20N2O2S2. The van der Waals surface area contributed by atoms with Gasteiger partial charge in [-0.15, -0.1) is 11.3 Å². The summed E-state index contributed by atoms with van der Waals surface area (Å²) < 4.78 is 24.5. The number of hydrogen-bond acceptors (Lipinski definition) is 5. The molecule has 1 aromatic heterocycles. The smallest absolute Gasteiger partial charge is 0.159 e. The topological polar surface area (TPSA) is 59.1 Å². The highest BCUT2D eigenvalue weighted by Crippen LogP contribution is 2.27. The van der Waals surface area contributed by atoms with Crippen LogP contribution >= 0.6 is 11.3 Å². The van der Waals surface area contributed by atoms with E-state index < -0.39 is 9.84 Å². The first-order chi connectivity index (χ1) is 8.62. The molecule has 1 saturated carbocycles. The van der Waals surface area contributed by atoms with Crippen molar-refractivity contribution in [3.8, 4) is 0 Å². The molecule has 0 spiro atoms. The SMILES string of the molecule is CNCc1cnc(CS(=O)(=O)C2CCCCC2)s1. The largest absolute Gasteiger partial charge is 0.315 e. The quantitative estimate of drug-likeness (QED) is 0.901. The second-order valence-electron chi connectivity index (χ2n) is 4.82. The van der Waals surface area contributed by atoms with Gasteiger partial charge in [0.15, 0.2) is 9.84 Å². The molecule has 1 aliphatic carbocycles. The van der Waals surface area contributed by atoms with Gasteiger partial charge in [-0.3, -0.25) is 0 Å². The van der Waals surface area contributed by atoms with Gasteiger partial charge in [0, 0.05) is 17.6 Å². The molecule has 102 valence electrons. The zero-order chi connectivity index (χ0) is 13.0. The van der Waals surface area contributed by atoms with Crippen LogP contribution in [0.2, 0.25) is 0 Å². The van der Waals surface area contributed by atoms with Gasteiger partial charge in [-0.2, -0.15) is 0 Å². The first-order valence-electron chi connectivity index (χ1n) is 6.41. The van der Waals surface area contributed by atoms with Gasteiger partial charge in [-0.1, -0.05) is 19.3 Å². The molecule has 0 amide bonds. The van der Waals surface area contributed by atoms with E-state index in [0.717, 1.165) is 42.1 Å². The lowest BCUT2D eigenvalue weighted by Gasteiger charge is -2.21. The van der Waals surface area contributed by atoms with Crippen molar-refractivity contribution in [1.82, 2.24) is 10.3 Å². The molecule has 1 fully saturated rings. The van der Waals surface area contributed by atoms with E-state index in [0.29, 0.717) is 0 Å². The molecule has 1 N–H and O–H groups in total. The maximum atomic E-state index is 12.3. The minimum atomic E-state index is -3.01. The highest BCUT2D eigenvalue weighted by Gasteiger charge is 2.28. The van der Waals surface area contributed by atoms with E-state index >= 15 is 0 Å². The van der Waals surface area contributed by atoms with Crippen molar-refractivity contribution in [1.29, 1.82) is 0 Å². The van der Waals surface area contributed by atoms with Gasteiger partial charge in [0.2, 0.25) is 0 Å². The van der Waals surface area contributed by atoms with Gasteiger partial charge in [0.25, 0.3) is 0 Å². The van der Waals surface area contributed by atoms with Crippen molar-refractivity contribution in [2.75, 3.05) is 7.05 Å². The Morgan fingerprint density at radius 3 is 2.78 bits per heavy atom. The fraction of sp³-hybridized carbons (Fsp3) is 0.750. The predicted octanol–water partition coefficient (Wildman–Crippen LogP) is 2.11. The number of rotatable bonds is 5. The zero-order valence-corrected chi connectivity index (χ0v) is 12.3. The van der Waals surface area contributed by atoms with Gasteiger partial charge in [0.05, 0.1) is 5.25 Å². The fourth-order valence-electron chi connectivity index (χ4n) is 2.38. The van der Waals surface area contributed by atoms with Crippen molar-refractivity contribution in [3.63, 3.8) is 0 Å². The molecule has 1 heterocycles. The molecule has 18 heavy (non-hydrogen) atoms. The molecule has 1 aliphatic rings. The number of nitrogens with zero attached hydrogens (tertiary/aromatic N) is 1. The first-order valence-corrected chi connectivity index (χ1v) is 8.95. The Morgan fingerprint density at radius 2 is 2.11 bits per heavy atom. The molecule has 0 saturated heterocycles. The molecule has 1 aromatic rings. The number of nitrogens with one attached hydrogen (secondary N) is 1. The van der Waals surface area contributed by atoms with Gasteiger partial charge >= 0.3 is 0 Å². The molecular weight excluding hydrogens is 268 g/mol. The number of thiazole rings is 1. The van der Waals surface area contributed by atoms with Crippen LogP contribution in [0.3, 0.4) is 0 Å². The Hall–Kier alpha value is -0.460. The van der Waals surface area contributed by atoms with Crippen LogP contribution in [-0.4, -0.2) is 25.7 Å². The van der Waals surface area contributed by atoms with E-state index in [1.807, 2.05) is 7.05 Å². The molecule has 6 heteroatoms. The van der Waals surface area contributed by atoms with Crippen LogP contribution in [0.25, 0.3) is 0 Å². The summed E-state index contributed by atoms with van der Waals surface area (Å²) in [6.45, 7) is 0.751. The van der Waals surface area contributed by atoms with Crippen molar-refractivity contribution in [2.24, 2.45) is 0 Å². The lowest BCUT2D eigenvalue weighted by atomic mass is 10.0. The fourth-order valence-corrected chi connectivity index (χ4v) is 5.55. The van der Waals surface area contributed by atoms with E-state index in [-0.39, 0.29) is 11.0 Å². The lowest BCUT2D eigenvalue weighted by Crippen LogP contribution is -2.25. The summed E-state index contributed by atoms with van der Waals surface area (Å²) in [6, 6.07) is 0. The van der Waals surface area contributed by atoms with Crippen LogP contribution in [0.15, 0.2) is 6.20 Å². The van der Waals surface area contributed by atoms with Gasteiger partial charge in [-0.05, 0) is 19.9 Å².